The standard InChI is InChI=1S/C18H27N5/c1-4-19-18(22-10-8-14(2)9-11-22)20-12-16-13-23-15(3)6-5-7-17(23)21-16/h5-7,13-14H,4,8-12H2,1-3H3,(H,19,20). The molecule has 0 bridgehead atoms. The van der Waals surface area contributed by atoms with Crippen LogP contribution in [0.25, 0.3) is 5.65 Å². The molecule has 0 radical (unpaired) electrons. The van der Waals surface area contributed by atoms with Crippen LogP contribution in [0, 0.1) is 12.8 Å². The number of aromatic nitrogens is 2. The molecule has 0 atom stereocenters. The van der Waals surface area contributed by atoms with Gasteiger partial charge in [0.2, 0.25) is 0 Å². The molecule has 0 unspecified atom stereocenters. The number of hydrogen-bond donors (Lipinski definition) is 1. The Morgan fingerprint density at radius 1 is 1.35 bits per heavy atom. The number of hydrogen-bond acceptors (Lipinski definition) is 2. The van der Waals surface area contributed by atoms with E-state index in [1.165, 1.54) is 18.5 Å². The van der Waals surface area contributed by atoms with E-state index in [4.69, 9.17) is 4.99 Å². The second-order valence-corrected chi connectivity index (χ2v) is 6.47. The first-order valence-electron chi connectivity index (χ1n) is 8.64. The monoisotopic (exact) mass is 313 g/mol. The van der Waals surface area contributed by atoms with E-state index in [1.807, 2.05) is 12.1 Å². The number of aliphatic imine (C=N–C) groups is 1. The van der Waals surface area contributed by atoms with Gasteiger partial charge in [0.15, 0.2) is 5.96 Å². The van der Waals surface area contributed by atoms with Gasteiger partial charge in [-0.1, -0.05) is 13.0 Å². The quantitative estimate of drug-likeness (QED) is 0.700. The van der Waals surface area contributed by atoms with Crippen molar-refractivity contribution in [3.05, 3.63) is 35.8 Å². The van der Waals surface area contributed by atoms with Crippen LogP contribution >= 0.6 is 0 Å². The van der Waals surface area contributed by atoms with E-state index in [-0.39, 0.29) is 0 Å². The summed E-state index contributed by atoms with van der Waals surface area (Å²) in [5.74, 6) is 1.85. The molecule has 0 aromatic carbocycles. The minimum Gasteiger partial charge on any atom is -0.357 e. The van der Waals surface area contributed by atoms with Crippen molar-refractivity contribution in [2.24, 2.45) is 10.9 Å². The highest BCUT2D eigenvalue weighted by Gasteiger charge is 2.18. The molecule has 2 aromatic rings. The minimum atomic E-state index is 0.621. The summed E-state index contributed by atoms with van der Waals surface area (Å²) in [6, 6.07) is 6.18. The molecule has 1 saturated heterocycles. The van der Waals surface area contributed by atoms with E-state index in [9.17, 15) is 0 Å². The smallest absolute Gasteiger partial charge is 0.194 e. The maximum Gasteiger partial charge on any atom is 0.194 e. The fraction of sp³-hybridized carbons (Fsp3) is 0.556. The number of piperidine rings is 1. The van der Waals surface area contributed by atoms with Crippen LogP contribution < -0.4 is 5.32 Å². The Labute approximate surface area is 138 Å². The third-order valence-corrected chi connectivity index (χ3v) is 4.55. The summed E-state index contributed by atoms with van der Waals surface area (Å²) in [6.07, 6.45) is 4.59. The maximum atomic E-state index is 4.81. The lowest BCUT2D eigenvalue weighted by molar-refractivity contribution is 0.273. The normalized spacial score (nSPS) is 17.0. The summed E-state index contributed by atoms with van der Waals surface area (Å²) >= 11 is 0. The molecule has 1 fully saturated rings. The topological polar surface area (TPSA) is 44.9 Å². The predicted molar refractivity (Wildman–Crippen MR) is 94.7 cm³/mol. The van der Waals surface area contributed by atoms with Crippen LogP contribution in [0.3, 0.4) is 0 Å². The molecule has 1 aliphatic rings. The van der Waals surface area contributed by atoms with Gasteiger partial charge in [-0.2, -0.15) is 0 Å². The molecule has 5 nitrogen and oxygen atoms in total. The zero-order chi connectivity index (χ0) is 16.2. The molecular weight excluding hydrogens is 286 g/mol. The van der Waals surface area contributed by atoms with Gasteiger partial charge in [0.05, 0.1) is 12.2 Å². The number of pyridine rings is 1. The average molecular weight is 313 g/mol. The first kappa shape index (κ1) is 15.8. The van der Waals surface area contributed by atoms with Gasteiger partial charge < -0.3 is 14.6 Å². The van der Waals surface area contributed by atoms with Gasteiger partial charge in [0, 0.05) is 31.5 Å². The van der Waals surface area contributed by atoms with Gasteiger partial charge in [0.25, 0.3) is 0 Å². The van der Waals surface area contributed by atoms with Crippen molar-refractivity contribution in [1.29, 1.82) is 0 Å². The second-order valence-electron chi connectivity index (χ2n) is 6.47. The van der Waals surface area contributed by atoms with Gasteiger partial charge in [-0.3, -0.25) is 0 Å². The fourth-order valence-electron chi connectivity index (χ4n) is 3.08. The highest BCUT2D eigenvalue weighted by Crippen LogP contribution is 2.16. The summed E-state index contributed by atoms with van der Waals surface area (Å²) in [5, 5.41) is 3.42. The molecule has 1 aliphatic heterocycles. The number of imidazole rings is 1. The van der Waals surface area contributed by atoms with Crippen molar-refractivity contribution in [3.63, 3.8) is 0 Å². The Bertz CT molecular complexity index is 680. The van der Waals surface area contributed by atoms with Crippen molar-refractivity contribution in [3.8, 4) is 0 Å². The van der Waals surface area contributed by atoms with Crippen molar-refractivity contribution in [1.82, 2.24) is 19.6 Å². The van der Waals surface area contributed by atoms with E-state index in [0.717, 1.165) is 42.9 Å². The van der Waals surface area contributed by atoms with E-state index < -0.39 is 0 Å². The summed E-state index contributed by atoms with van der Waals surface area (Å²) in [5.41, 5.74) is 3.20. The average Bonchev–Trinajstić information content (AvgIpc) is 2.97. The van der Waals surface area contributed by atoms with Crippen LogP contribution in [0.5, 0.6) is 0 Å². The molecule has 0 aliphatic carbocycles. The third kappa shape index (κ3) is 3.66. The van der Waals surface area contributed by atoms with Crippen LogP contribution in [-0.2, 0) is 6.54 Å². The minimum absolute atomic E-state index is 0.621. The Hall–Kier alpha value is -2.04. The molecule has 0 spiro atoms. The summed E-state index contributed by atoms with van der Waals surface area (Å²) in [7, 11) is 0. The number of fused-ring (bicyclic) bond motifs is 1. The molecule has 5 heteroatoms. The van der Waals surface area contributed by atoms with Crippen LogP contribution in [-0.4, -0.2) is 39.9 Å². The van der Waals surface area contributed by atoms with Gasteiger partial charge in [-0.25, -0.2) is 9.98 Å². The van der Waals surface area contributed by atoms with E-state index in [2.05, 4.69) is 52.6 Å². The van der Waals surface area contributed by atoms with Gasteiger partial charge >= 0.3 is 0 Å². The van der Waals surface area contributed by atoms with Crippen molar-refractivity contribution >= 4 is 11.6 Å². The number of guanidine groups is 1. The van der Waals surface area contributed by atoms with Crippen LogP contribution in [0.4, 0.5) is 0 Å². The summed E-state index contributed by atoms with van der Waals surface area (Å²) in [6.45, 7) is 10.3. The van der Waals surface area contributed by atoms with Gasteiger partial charge in [-0.15, -0.1) is 0 Å². The molecule has 3 rings (SSSR count). The largest absolute Gasteiger partial charge is 0.357 e. The van der Waals surface area contributed by atoms with E-state index in [1.54, 1.807) is 0 Å². The number of nitrogens with zero attached hydrogens (tertiary/aromatic N) is 4. The molecule has 23 heavy (non-hydrogen) atoms. The van der Waals surface area contributed by atoms with Crippen LogP contribution in [0.2, 0.25) is 0 Å². The summed E-state index contributed by atoms with van der Waals surface area (Å²) in [4.78, 5) is 11.9. The first-order chi connectivity index (χ1) is 11.2. The van der Waals surface area contributed by atoms with E-state index >= 15 is 0 Å². The lowest BCUT2D eigenvalue weighted by atomic mass is 10.00. The molecule has 0 saturated carbocycles. The van der Waals surface area contributed by atoms with Gasteiger partial charge in [0.1, 0.15) is 5.65 Å². The van der Waals surface area contributed by atoms with Crippen molar-refractivity contribution in [2.45, 2.75) is 40.2 Å². The number of likely N-dealkylation sites (tertiary alicyclic amines) is 1. The van der Waals surface area contributed by atoms with Crippen LogP contribution in [0.1, 0.15) is 38.1 Å². The van der Waals surface area contributed by atoms with E-state index in [0.29, 0.717) is 6.54 Å². The van der Waals surface area contributed by atoms with Crippen molar-refractivity contribution in [2.75, 3.05) is 19.6 Å². The molecular formula is C18H27N5. The number of rotatable bonds is 3. The highest BCUT2D eigenvalue weighted by atomic mass is 15.3. The molecule has 2 aromatic heterocycles. The van der Waals surface area contributed by atoms with Crippen molar-refractivity contribution < 1.29 is 0 Å². The summed E-state index contributed by atoms with van der Waals surface area (Å²) < 4.78 is 2.13. The number of nitrogens with one attached hydrogen (secondary N) is 1. The number of aryl methyl sites for hydroxylation is 1. The van der Waals surface area contributed by atoms with Gasteiger partial charge in [-0.05, 0) is 44.7 Å². The maximum absolute atomic E-state index is 4.81. The highest BCUT2D eigenvalue weighted by molar-refractivity contribution is 5.80. The molecule has 124 valence electrons. The molecule has 1 N–H and O–H groups in total. The van der Waals surface area contributed by atoms with Crippen LogP contribution in [0.15, 0.2) is 29.4 Å². The predicted octanol–water partition coefficient (Wildman–Crippen LogP) is 2.84. The Morgan fingerprint density at radius 3 is 2.83 bits per heavy atom. The first-order valence-corrected chi connectivity index (χ1v) is 8.64. The SMILES string of the molecule is CCNC(=NCc1cn2c(C)cccc2n1)N1CCC(C)CC1. The second kappa shape index (κ2) is 7.02. The molecule has 0 amide bonds. The Kier molecular flexibility index (Phi) is 4.84. The zero-order valence-electron chi connectivity index (χ0n) is 14.4. The zero-order valence-corrected chi connectivity index (χ0v) is 14.4. The Balaban J connectivity index is 1.75. The third-order valence-electron chi connectivity index (χ3n) is 4.55. The molecule has 3 heterocycles. The lowest BCUT2D eigenvalue weighted by Crippen LogP contribution is -2.45. The fourth-order valence-corrected chi connectivity index (χ4v) is 3.08. The lowest BCUT2D eigenvalue weighted by Gasteiger charge is -2.32. The Morgan fingerprint density at radius 2 is 2.13 bits per heavy atom.